The third-order valence-electron chi connectivity index (χ3n) is 3.03. The zero-order chi connectivity index (χ0) is 14.0. The fraction of sp³-hybridized carbons (Fsp3) is 0.200. The van der Waals surface area contributed by atoms with Crippen molar-refractivity contribution in [3.8, 4) is 0 Å². The third kappa shape index (κ3) is 3.35. The molecule has 0 aliphatic carbocycles. The molecular weight excluding hydrogens is 329 g/mol. The molecule has 4 heteroatoms. The lowest BCUT2D eigenvalue weighted by molar-refractivity contribution is 0.610. The van der Waals surface area contributed by atoms with Gasteiger partial charge in [0.15, 0.2) is 0 Å². The monoisotopic (exact) mass is 341 g/mol. The van der Waals surface area contributed by atoms with E-state index in [0.717, 1.165) is 16.7 Å². The Morgan fingerprint density at radius 1 is 1.32 bits per heavy atom. The number of hydrogen-bond acceptors (Lipinski definition) is 1. The van der Waals surface area contributed by atoms with E-state index in [1.54, 1.807) is 6.07 Å². The van der Waals surface area contributed by atoms with Crippen molar-refractivity contribution in [1.29, 1.82) is 0 Å². The molecule has 0 aliphatic rings. The second kappa shape index (κ2) is 6.04. The van der Waals surface area contributed by atoms with Crippen LogP contribution in [0.3, 0.4) is 0 Å². The zero-order valence-electron chi connectivity index (χ0n) is 10.5. The van der Waals surface area contributed by atoms with Crippen LogP contribution in [-0.2, 0) is 6.42 Å². The predicted molar refractivity (Wildman–Crippen MR) is 80.9 cm³/mol. The van der Waals surface area contributed by atoms with E-state index in [1.165, 1.54) is 6.07 Å². The number of benzene rings is 2. The van der Waals surface area contributed by atoms with Crippen LogP contribution in [0.2, 0.25) is 5.02 Å². The lowest BCUT2D eigenvalue weighted by atomic mass is 9.99. The summed E-state index contributed by atoms with van der Waals surface area (Å²) >= 11 is 9.43. The van der Waals surface area contributed by atoms with E-state index >= 15 is 0 Å². The molecule has 19 heavy (non-hydrogen) atoms. The van der Waals surface area contributed by atoms with Crippen LogP contribution in [0, 0.1) is 12.7 Å². The maximum atomic E-state index is 13.5. The number of hydrogen-bond donors (Lipinski definition) is 1. The minimum atomic E-state index is -0.303. The lowest BCUT2D eigenvalue weighted by Gasteiger charge is -2.15. The second-order valence-electron chi connectivity index (χ2n) is 4.55. The average molecular weight is 343 g/mol. The van der Waals surface area contributed by atoms with Crippen molar-refractivity contribution in [3.63, 3.8) is 0 Å². The topological polar surface area (TPSA) is 26.0 Å². The van der Waals surface area contributed by atoms with Crippen LogP contribution >= 0.6 is 27.5 Å². The molecule has 1 atom stereocenters. The molecule has 0 bridgehead atoms. The highest BCUT2D eigenvalue weighted by molar-refractivity contribution is 9.10. The Labute approximate surface area is 125 Å². The largest absolute Gasteiger partial charge is 0.324 e. The Kier molecular flexibility index (Phi) is 4.61. The fourth-order valence-corrected chi connectivity index (χ4v) is 2.84. The van der Waals surface area contributed by atoms with Crippen LogP contribution in [0.25, 0.3) is 0 Å². The maximum absolute atomic E-state index is 13.5. The van der Waals surface area contributed by atoms with Gasteiger partial charge in [0.1, 0.15) is 5.82 Å². The third-order valence-corrected chi connectivity index (χ3v) is 4.22. The zero-order valence-corrected chi connectivity index (χ0v) is 12.8. The first-order chi connectivity index (χ1) is 8.99. The van der Waals surface area contributed by atoms with Crippen molar-refractivity contribution in [2.75, 3.05) is 0 Å². The van der Waals surface area contributed by atoms with Crippen molar-refractivity contribution < 1.29 is 4.39 Å². The summed E-state index contributed by atoms with van der Waals surface area (Å²) in [5.41, 5.74) is 8.97. The minimum Gasteiger partial charge on any atom is -0.324 e. The summed E-state index contributed by atoms with van der Waals surface area (Å²) in [5, 5.41) is 0.697. The normalized spacial score (nSPS) is 12.5. The van der Waals surface area contributed by atoms with Crippen LogP contribution < -0.4 is 5.73 Å². The van der Waals surface area contributed by atoms with Gasteiger partial charge in [0.05, 0.1) is 4.47 Å². The Hall–Kier alpha value is -0.900. The van der Waals surface area contributed by atoms with Gasteiger partial charge in [-0.05, 0) is 58.1 Å². The molecule has 0 saturated heterocycles. The highest BCUT2D eigenvalue weighted by atomic mass is 79.9. The van der Waals surface area contributed by atoms with E-state index in [-0.39, 0.29) is 11.9 Å². The van der Waals surface area contributed by atoms with Crippen LogP contribution in [0.4, 0.5) is 4.39 Å². The van der Waals surface area contributed by atoms with E-state index in [4.69, 9.17) is 17.3 Å². The summed E-state index contributed by atoms with van der Waals surface area (Å²) in [6, 6.07) is 10.4. The fourth-order valence-electron chi connectivity index (χ4n) is 1.97. The number of halogens is 3. The highest BCUT2D eigenvalue weighted by Gasteiger charge is 2.14. The molecular formula is C15H14BrClFN. The molecule has 0 spiro atoms. The molecule has 0 aromatic heterocycles. The van der Waals surface area contributed by atoms with Crippen LogP contribution in [0.15, 0.2) is 40.9 Å². The van der Waals surface area contributed by atoms with Gasteiger partial charge >= 0.3 is 0 Å². The predicted octanol–water partition coefficient (Wildman–Crippen LogP) is 4.79. The van der Waals surface area contributed by atoms with Gasteiger partial charge in [0.2, 0.25) is 0 Å². The molecule has 2 N–H and O–H groups in total. The van der Waals surface area contributed by atoms with Gasteiger partial charge in [-0.2, -0.15) is 0 Å². The number of rotatable bonds is 3. The van der Waals surface area contributed by atoms with Crippen LogP contribution in [-0.4, -0.2) is 0 Å². The Morgan fingerprint density at radius 2 is 2.05 bits per heavy atom. The Bertz CT molecular complexity index is 601. The minimum absolute atomic E-state index is 0.301. The van der Waals surface area contributed by atoms with Crippen molar-refractivity contribution in [2.45, 2.75) is 19.4 Å². The molecule has 1 unspecified atom stereocenters. The van der Waals surface area contributed by atoms with Crippen molar-refractivity contribution in [2.24, 2.45) is 5.73 Å². The quantitative estimate of drug-likeness (QED) is 0.852. The first kappa shape index (κ1) is 14.5. The SMILES string of the molecule is Cc1ccc(CC(N)c2cccc(F)c2Br)c(Cl)c1. The van der Waals surface area contributed by atoms with E-state index in [2.05, 4.69) is 15.9 Å². The summed E-state index contributed by atoms with van der Waals surface area (Å²) < 4.78 is 13.9. The molecule has 2 rings (SSSR count). The van der Waals surface area contributed by atoms with Crippen molar-refractivity contribution in [3.05, 3.63) is 68.4 Å². The molecule has 100 valence electrons. The van der Waals surface area contributed by atoms with Crippen molar-refractivity contribution in [1.82, 2.24) is 0 Å². The van der Waals surface area contributed by atoms with Crippen molar-refractivity contribution >= 4 is 27.5 Å². The van der Waals surface area contributed by atoms with E-state index in [0.29, 0.717) is 15.9 Å². The molecule has 2 aromatic carbocycles. The van der Waals surface area contributed by atoms with Gasteiger partial charge in [-0.15, -0.1) is 0 Å². The smallest absolute Gasteiger partial charge is 0.137 e. The highest BCUT2D eigenvalue weighted by Crippen LogP contribution is 2.29. The Morgan fingerprint density at radius 3 is 2.74 bits per heavy atom. The van der Waals surface area contributed by atoms with Crippen LogP contribution in [0.5, 0.6) is 0 Å². The van der Waals surface area contributed by atoms with Gasteiger partial charge in [-0.25, -0.2) is 4.39 Å². The molecule has 0 amide bonds. The molecule has 2 aromatic rings. The molecule has 0 heterocycles. The van der Waals surface area contributed by atoms with Crippen LogP contribution in [0.1, 0.15) is 22.7 Å². The summed E-state index contributed by atoms with van der Waals surface area (Å²) in [5.74, 6) is -0.303. The molecule has 0 fully saturated rings. The van der Waals surface area contributed by atoms with E-state index in [1.807, 2.05) is 31.2 Å². The van der Waals surface area contributed by atoms with E-state index in [9.17, 15) is 4.39 Å². The molecule has 0 aliphatic heterocycles. The standard InChI is InChI=1S/C15H14BrClFN/c1-9-5-6-10(12(17)7-9)8-14(19)11-3-2-4-13(18)15(11)16/h2-7,14H,8,19H2,1H3. The second-order valence-corrected chi connectivity index (χ2v) is 5.75. The lowest BCUT2D eigenvalue weighted by Crippen LogP contribution is -2.14. The molecule has 1 nitrogen and oxygen atoms in total. The first-order valence-corrected chi connectivity index (χ1v) is 7.10. The maximum Gasteiger partial charge on any atom is 0.137 e. The summed E-state index contributed by atoms with van der Waals surface area (Å²) in [6.45, 7) is 1.98. The van der Waals surface area contributed by atoms with Gasteiger partial charge < -0.3 is 5.73 Å². The average Bonchev–Trinajstić information content (AvgIpc) is 2.36. The van der Waals surface area contributed by atoms with Gasteiger partial charge in [0, 0.05) is 11.1 Å². The molecule has 0 radical (unpaired) electrons. The Balaban J connectivity index is 2.25. The number of aryl methyl sites for hydroxylation is 1. The summed E-state index contributed by atoms with van der Waals surface area (Å²) in [6.07, 6.45) is 0.571. The summed E-state index contributed by atoms with van der Waals surface area (Å²) in [7, 11) is 0. The van der Waals surface area contributed by atoms with E-state index < -0.39 is 0 Å². The summed E-state index contributed by atoms with van der Waals surface area (Å²) in [4.78, 5) is 0. The number of nitrogens with two attached hydrogens (primary N) is 1. The first-order valence-electron chi connectivity index (χ1n) is 5.93. The molecule has 0 saturated carbocycles. The van der Waals surface area contributed by atoms with Gasteiger partial charge in [-0.3, -0.25) is 0 Å². The van der Waals surface area contributed by atoms with Gasteiger partial charge in [0.25, 0.3) is 0 Å². The van der Waals surface area contributed by atoms with Gasteiger partial charge in [-0.1, -0.05) is 35.9 Å².